The standard InChI is InChI=1S/C20H27N7O/c1-2-16(23-17-5-7-21-19(24-17)15-3-4-15)14-27(9-1)18-6-8-22-20(25-18)26-10-12-28-13-11-26/h5-8,15-16H,1-4,9-14H2,(H,21,23,24). The molecule has 0 spiro atoms. The van der Waals surface area contributed by atoms with Crippen molar-refractivity contribution in [3.05, 3.63) is 30.4 Å². The number of ether oxygens (including phenoxy) is 1. The lowest BCUT2D eigenvalue weighted by atomic mass is 10.1. The van der Waals surface area contributed by atoms with E-state index in [0.717, 1.165) is 75.6 Å². The summed E-state index contributed by atoms with van der Waals surface area (Å²) in [5.41, 5.74) is 0. The van der Waals surface area contributed by atoms with Gasteiger partial charge in [-0.15, -0.1) is 0 Å². The number of nitrogens with one attached hydrogen (secondary N) is 1. The van der Waals surface area contributed by atoms with Crippen molar-refractivity contribution in [1.29, 1.82) is 0 Å². The van der Waals surface area contributed by atoms with Gasteiger partial charge in [0.05, 0.1) is 13.2 Å². The smallest absolute Gasteiger partial charge is 0.227 e. The summed E-state index contributed by atoms with van der Waals surface area (Å²) < 4.78 is 5.44. The van der Waals surface area contributed by atoms with Crippen molar-refractivity contribution in [1.82, 2.24) is 19.9 Å². The van der Waals surface area contributed by atoms with E-state index in [1.165, 1.54) is 12.8 Å². The Morgan fingerprint density at radius 1 is 0.929 bits per heavy atom. The molecule has 3 aliphatic rings. The average molecular weight is 381 g/mol. The van der Waals surface area contributed by atoms with Gasteiger partial charge in [-0.05, 0) is 37.8 Å². The number of piperidine rings is 1. The van der Waals surface area contributed by atoms with Crippen LogP contribution in [-0.4, -0.2) is 65.4 Å². The van der Waals surface area contributed by atoms with Crippen molar-refractivity contribution >= 4 is 17.6 Å². The van der Waals surface area contributed by atoms with Crippen LogP contribution in [0.15, 0.2) is 24.5 Å². The third-order valence-electron chi connectivity index (χ3n) is 5.64. The largest absolute Gasteiger partial charge is 0.378 e. The first-order chi connectivity index (χ1) is 13.8. The zero-order valence-corrected chi connectivity index (χ0v) is 16.1. The van der Waals surface area contributed by atoms with E-state index in [1.54, 1.807) is 0 Å². The molecule has 2 aromatic rings. The van der Waals surface area contributed by atoms with Crippen molar-refractivity contribution in [3.63, 3.8) is 0 Å². The van der Waals surface area contributed by atoms with Crippen LogP contribution in [0.25, 0.3) is 0 Å². The summed E-state index contributed by atoms with van der Waals surface area (Å²) in [6, 6.07) is 4.35. The first-order valence-electron chi connectivity index (χ1n) is 10.4. The van der Waals surface area contributed by atoms with Crippen molar-refractivity contribution in [3.8, 4) is 0 Å². The number of hydrogen-bond donors (Lipinski definition) is 1. The van der Waals surface area contributed by atoms with Crippen molar-refractivity contribution in [2.75, 3.05) is 54.5 Å². The van der Waals surface area contributed by atoms with E-state index in [4.69, 9.17) is 14.7 Å². The molecule has 28 heavy (non-hydrogen) atoms. The number of anilines is 3. The highest BCUT2D eigenvalue weighted by atomic mass is 16.5. The van der Waals surface area contributed by atoms with Crippen LogP contribution in [0.1, 0.15) is 37.4 Å². The monoisotopic (exact) mass is 381 g/mol. The molecule has 1 unspecified atom stereocenters. The predicted molar refractivity (Wildman–Crippen MR) is 108 cm³/mol. The Bertz CT molecular complexity index is 807. The zero-order valence-electron chi connectivity index (χ0n) is 16.1. The Morgan fingerprint density at radius 2 is 1.79 bits per heavy atom. The van der Waals surface area contributed by atoms with Gasteiger partial charge >= 0.3 is 0 Å². The van der Waals surface area contributed by atoms with Gasteiger partial charge in [0.15, 0.2) is 0 Å². The molecule has 148 valence electrons. The second-order valence-corrected chi connectivity index (χ2v) is 7.82. The fraction of sp³-hybridized carbons (Fsp3) is 0.600. The van der Waals surface area contributed by atoms with Gasteiger partial charge in [-0.3, -0.25) is 0 Å². The zero-order chi connectivity index (χ0) is 18.8. The number of morpholine rings is 1. The van der Waals surface area contributed by atoms with Gasteiger partial charge in [0.1, 0.15) is 17.5 Å². The van der Waals surface area contributed by atoms with E-state index in [2.05, 4.69) is 25.1 Å². The van der Waals surface area contributed by atoms with Gasteiger partial charge < -0.3 is 19.9 Å². The lowest BCUT2D eigenvalue weighted by Crippen LogP contribution is -2.43. The van der Waals surface area contributed by atoms with Crippen LogP contribution in [-0.2, 0) is 4.74 Å². The minimum atomic E-state index is 0.359. The van der Waals surface area contributed by atoms with Crippen molar-refractivity contribution in [2.24, 2.45) is 0 Å². The summed E-state index contributed by atoms with van der Waals surface area (Å²) in [6.45, 7) is 5.13. The maximum absolute atomic E-state index is 5.44. The molecule has 1 N–H and O–H groups in total. The van der Waals surface area contributed by atoms with Crippen LogP contribution in [0.4, 0.5) is 17.6 Å². The van der Waals surface area contributed by atoms with Crippen LogP contribution in [0.3, 0.4) is 0 Å². The molecular formula is C20H27N7O. The first kappa shape index (κ1) is 17.6. The molecule has 2 aliphatic heterocycles. The molecule has 1 saturated carbocycles. The van der Waals surface area contributed by atoms with Gasteiger partial charge in [0, 0.05) is 50.5 Å². The van der Waals surface area contributed by atoms with Crippen LogP contribution in [0, 0.1) is 0 Å². The molecule has 1 aliphatic carbocycles. The Kier molecular flexibility index (Phi) is 4.95. The summed E-state index contributed by atoms with van der Waals surface area (Å²) in [4.78, 5) is 23.0. The van der Waals surface area contributed by atoms with Gasteiger partial charge in [-0.1, -0.05) is 0 Å². The van der Waals surface area contributed by atoms with E-state index in [1.807, 2.05) is 24.5 Å². The van der Waals surface area contributed by atoms with E-state index in [-0.39, 0.29) is 0 Å². The summed E-state index contributed by atoms with van der Waals surface area (Å²) >= 11 is 0. The molecule has 2 aromatic heterocycles. The number of rotatable bonds is 5. The minimum Gasteiger partial charge on any atom is -0.378 e. The van der Waals surface area contributed by atoms with Crippen LogP contribution in [0.2, 0.25) is 0 Å². The molecule has 2 saturated heterocycles. The number of hydrogen-bond acceptors (Lipinski definition) is 8. The average Bonchev–Trinajstić information content (AvgIpc) is 3.61. The predicted octanol–water partition coefficient (Wildman–Crippen LogP) is 2.06. The van der Waals surface area contributed by atoms with Crippen LogP contribution in [0.5, 0.6) is 0 Å². The first-order valence-corrected chi connectivity index (χ1v) is 10.4. The Hall–Kier alpha value is -2.48. The molecule has 8 nitrogen and oxygen atoms in total. The Balaban J connectivity index is 1.26. The summed E-state index contributed by atoms with van der Waals surface area (Å²) in [7, 11) is 0. The Labute approximate surface area is 165 Å². The molecule has 0 aromatic carbocycles. The number of nitrogens with zero attached hydrogens (tertiary/aromatic N) is 6. The fourth-order valence-electron chi connectivity index (χ4n) is 3.94. The quantitative estimate of drug-likeness (QED) is 0.843. The molecule has 0 bridgehead atoms. The SMILES string of the molecule is c1cc(NC2CCCN(c3ccnc(N4CCOCC4)n3)C2)nc(C2CC2)n1. The molecule has 4 heterocycles. The fourth-order valence-corrected chi connectivity index (χ4v) is 3.94. The summed E-state index contributed by atoms with van der Waals surface area (Å²) in [5.74, 6) is 4.32. The minimum absolute atomic E-state index is 0.359. The van der Waals surface area contributed by atoms with E-state index in [0.29, 0.717) is 12.0 Å². The molecule has 3 fully saturated rings. The highest BCUT2D eigenvalue weighted by Gasteiger charge is 2.27. The summed E-state index contributed by atoms with van der Waals surface area (Å²) in [6.07, 6.45) is 8.47. The van der Waals surface area contributed by atoms with Crippen LogP contribution < -0.4 is 15.1 Å². The van der Waals surface area contributed by atoms with Gasteiger partial charge in [0.25, 0.3) is 0 Å². The van der Waals surface area contributed by atoms with Crippen LogP contribution >= 0.6 is 0 Å². The maximum Gasteiger partial charge on any atom is 0.227 e. The highest BCUT2D eigenvalue weighted by molar-refractivity contribution is 5.45. The molecule has 0 radical (unpaired) electrons. The molecule has 1 atom stereocenters. The topological polar surface area (TPSA) is 79.3 Å². The van der Waals surface area contributed by atoms with Gasteiger partial charge in [0.2, 0.25) is 5.95 Å². The molecule has 8 heteroatoms. The van der Waals surface area contributed by atoms with Gasteiger partial charge in [-0.25, -0.2) is 15.0 Å². The van der Waals surface area contributed by atoms with E-state index in [9.17, 15) is 0 Å². The second kappa shape index (κ2) is 7.87. The molecule has 0 amide bonds. The third kappa shape index (κ3) is 4.01. The number of aromatic nitrogens is 4. The lowest BCUT2D eigenvalue weighted by Gasteiger charge is -2.35. The van der Waals surface area contributed by atoms with E-state index >= 15 is 0 Å². The van der Waals surface area contributed by atoms with Gasteiger partial charge in [-0.2, -0.15) is 4.98 Å². The molecular weight excluding hydrogens is 354 g/mol. The van der Waals surface area contributed by atoms with E-state index < -0.39 is 0 Å². The molecule has 5 rings (SSSR count). The van der Waals surface area contributed by atoms with Crippen molar-refractivity contribution < 1.29 is 4.74 Å². The Morgan fingerprint density at radius 3 is 2.64 bits per heavy atom. The summed E-state index contributed by atoms with van der Waals surface area (Å²) in [5, 5.41) is 3.62. The maximum atomic E-state index is 5.44. The third-order valence-corrected chi connectivity index (χ3v) is 5.64. The highest BCUT2D eigenvalue weighted by Crippen LogP contribution is 2.38. The lowest BCUT2D eigenvalue weighted by molar-refractivity contribution is 0.122. The second-order valence-electron chi connectivity index (χ2n) is 7.82. The van der Waals surface area contributed by atoms with Crippen molar-refractivity contribution in [2.45, 2.75) is 37.6 Å². The normalized spacial score (nSPS) is 22.9.